The number of nitrogens with zero attached hydrogens (tertiary/aromatic N) is 1. The van der Waals surface area contributed by atoms with E-state index in [0.29, 0.717) is 0 Å². The minimum absolute atomic E-state index is 0.235. The minimum atomic E-state index is -0.643. The largest absolute Gasteiger partial charge is 0.389 e. The normalized spacial score (nSPS) is 27.8. The van der Waals surface area contributed by atoms with E-state index in [-0.39, 0.29) is 6.04 Å². The summed E-state index contributed by atoms with van der Waals surface area (Å²) >= 11 is 8.66. The van der Waals surface area contributed by atoms with Gasteiger partial charge in [-0.2, -0.15) is 0 Å². The van der Waals surface area contributed by atoms with Crippen molar-refractivity contribution in [2.75, 3.05) is 6.54 Å². The van der Waals surface area contributed by atoms with E-state index in [0.717, 1.165) is 19.4 Å². The summed E-state index contributed by atoms with van der Waals surface area (Å²) in [7, 11) is -0.643. The van der Waals surface area contributed by atoms with E-state index in [1.807, 2.05) is 13.8 Å². The van der Waals surface area contributed by atoms with Crippen molar-refractivity contribution in [3.63, 3.8) is 0 Å². The van der Waals surface area contributed by atoms with Crippen LogP contribution in [0.15, 0.2) is 0 Å². The van der Waals surface area contributed by atoms with Crippen LogP contribution in [0.25, 0.3) is 0 Å². The van der Waals surface area contributed by atoms with Gasteiger partial charge in [0.1, 0.15) is 0 Å². The molecule has 0 aromatic rings. The van der Waals surface area contributed by atoms with E-state index >= 15 is 0 Å². The molecule has 1 aliphatic rings. The second kappa shape index (κ2) is 4.00. The molecule has 0 aliphatic carbocycles. The Bertz CT molecular complexity index is 157. The van der Waals surface area contributed by atoms with E-state index in [2.05, 4.69) is 27.6 Å². The summed E-state index contributed by atoms with van der Waals surface area (Å²) in [4.78, 5) is 0. The first-order valence-electron chi connectivity index (χ1n) is 4.09. The van der Waals surface area contributed by atoms with E-state index in [1.54, 1.807) is 0 Å². The molecule has 1 rings (SSSR count). The van der Waals surface area contributed by atoms with Crippen LogP contribution in [0.5, 0.6) is 0 Å². The zero-order valence-electron chi connectivity index (χ0n) is 7.43. The Kier molecular flexibility index (Phi) is 3.69. The molecule has 12 heavy (non-hydrogen) atoms. The molecule has 0 amide bonds. The van der Waals surface area contributed by atoms with Gasteiger partial charge in [0, 0.05) is 12.6 Å². The molecule has 1 atom stereocenters. The first kappa shape index (κ1) is 11.0. The lowest BCUT2D eigenvalue weighted by Gasteiger charge is -2.36. The Morgan fingerprint density at radius 1 is 1.50 bits per heavy atom. The van der Waals surface area contributed by atoms with Gasteiger partial charge in [-0.25, -0.2) is 4.31 Å². The van der Waals surface area contributed by atoms with E-state index in [1.165, 1.54) is 0 Å². The fourth-order valence-electron chi connectivity index (χ4n) is 1.68. The molecule has 1 aliphatic heterocycles. The molecule has 0 spiro atoms. The van der Waals surface area contributed by atoms with Crippen LogP contribution in [0.2, 0.25) is 0 Å². The van der Waals surface area contributed by atoms with Crippen molar-refractivity contribution in [1.82, 2.24) is 4.31 Å². The first-order chi connectivity index (χ1) is 5.43. The molecule has 0 aromatic heterocycles. The van der Waals surface area contributed by atoms with Gasteiger partial charge in [0.15, 0.2) is 0 Å². The van der Waals surface area contributed by atoms with Gasteiger partial charge in [0.25, 0.3) is 0 Å². The lowest BCUT2D eigenvalue weighted by molar-refractivity contribution is 0.0244. The van der Waals surface area contributed by atoms with E-state index < -0.39 is 14.7 Å². The third-order valence-corrected chi connectivity index (χ3v) is 4.59. The maximum atomic E-state index is 9.84. The minimum Gasteiger partial charge on any atom is -0.389 e. The molecular weight excluding hydrogens is 210 g/mol. The maximum Gasteiger partial charge on any atom is 0.0755 e. The van der Waals surface area contributed by atoms with Gasteiger partial charge in [-0.3, -0.25) is 0 Å². The van der Waals surface area contributed by atoms with Gasteiger partial charge >= 0.3 is 0 Å². The highest BCUT2D eigenvalue weighted by Gasteiger charge is 2.36. The molecule has 2 nitrogen and oxygen atoms in total. The summed E-state index contributed by atoms with van der Waals surface area (Å²) < 4.78 is 2.20. The van der Waals surface area contributed by atoms with Crippen molar-refractivity contribution in [2.45, 2.75) is 38.3 Å². The monoisotopic (exact) mass is 227 g/mol. The van der Waals surface area contributed by atoms with E-state index in [9.17, 15) is 5.11 Å². The van der Waals surface area contributed by atoms with Crippen LogP contribution in [-0.2, 0) is 0 Å². The lowest BCUT2D eigenvalue weighted by Crippen LogP contribution is -2.42. The summed E-state index contributed by atoms with van der Waals surface area (Å²) in [5, 5.41) is 9.84. The van der Waals surface area contributed by atoms with Crippen molar-refractivity contribution in [2.24, 2.45) is 0 Å². The van der Waals surface area contributed by atoms with Crippen LogP contribution < -0.4 is 0 Å². The highest BCUT2D eigenvalue weighted by Crippen LogP contribution is 2.46. The standard InChI is InChI=1S/C7H17NOS3/c1-7(2,9)6-4-3-5-8(6)12(10)11/h6,9-12H,3-5H2,1-2H3. The van der Waals surface area contributed by atoms with Gasteiger partial charge in [-0.15, -0.1) is 32.5 Å². The fraction of sp³-hybridized carbons (Fsp3) is 1.00. The summed E-state index contributed by atoms with van der Waals surface area (Å²) in [6.07, 6.45) is 2.21. The molecule has 0 bridgehead atoms. The molecular formula is C7H17NOS3. The quantitative estimate of drug-likeness (QED) is 0.427. The second-order valence-electron chi connectivity index (χ2n) is 3.74. The first-order valence-corrected chi connectivity index (χ1v) is 7.69. The molecule has 1 N–H and O–H groups in total. The Morgan fingerprint density at radius 2 is 2.08 bits per heavy atom. The summed E-state index contributed by atoms with van der Waals surface area (Å²) in [6.45, 7) is 4.74. The van der Waals surface area contributed by atoms with Gasteiger partial charge < -0.3 is 5.11 Å². The molecule has 74 valence electrons. The number of hydrogen-bond acceptors (Lipinski definition) is 4. The van der Waals surface area contributed by atoms with Crippen molar-refractivity contribution >= 4 is 32.5 Å². The Balaban J connectivity index is 2.64. The molecule has 1 saturated heterocycles. The smallest absolute Gasteiger partial charge is 0.0755 e. The SMILES string of the molecule is CC(C)(O)C1CCCN1[SH](S)S. The maximum absolute atomic E-state index is 9.84. The Hall–Kier alpha value is 0.970. The van der Waals surface area contributed by atoms with Crippen LogP contribution in [0.1, 0.15) is 26.7 Å². The van der Waals surface area contributed by atoms with Crippen LogP contribution >= 0.6 is 32.5 Å². The van der Waals surface area contributed by atoms with Gasteiger partial charge in [0.05, 0.1) is 5.60 Å². The third kappa shape index (κ3) is 2.48. The number of hydrogen-bond donors (Lipinski definition) is 4. The van der Waals surface area contributed by atoms with Crippen LogP contribution in [-0.4, -0.2) is 27.6 Å². The zero-order chi connectivity index (χ0) is 9.35. The zero-order valence-corrected chi connectivity index (χ0v) is 10.1. The molecule has 0 radical (unpaired) electrons. The molecule has 1 heterocycles. The lowest BCUT2D eigenvalue weighted by atomic mass is 9.98. The second-order valence-corrected chi connectivity index (χ2v) is 8.01. The average molecular weight is 227 g/mol. The summed E-state index contributed by atoms with van der Waals surface area (Å²) in [5.74, 6) is 0. The van der Waals surface area contributed by atoms with Gasteiger partial charge in [-0.1, -0.05) is 0 Å². The average Bonchev–Trinajstić information content (AvgIpc) is 2.30. The van der Waals surface area contributed by atoms with E-state index in [4.69, 9.17) is 0 Å². The van der Waals surface area contributed by atoms with Crippen molar-refractivity contribution in [3.8, 4) is 0 Å². The number of aliphatic hydroxyl groups is 1. The van der Waals surface area contributed by atoms with Crippen molar-refractivity contribution < 1.29 is 5.11 Å². The van der Waals surface area contributed by atoms with Crippen LogP contribution in [0, 0.1) is 0 Å². The third-order valence-electron chi connectivity index (χ3n) is 2.27. The van der Waals surface area contributed by atoms with Gasteiger partial charge in [-0.05, 0) is 26.7 Å². The van der Waals surface area contributed by atoms with Crippen LogP contribution in [0.4, 0.5) is 0 Å². The predicted octanol–water partition coefficient (Wildman–Crippen LogP) is 1.83. The van der Waals surface area contributed by atoms with Gasteiger partial charge in [0.2, 0.25) is 0 Å². The van der Waals surface area contributed by atoms with Crippen molar-refractivity contribution in [1.29, 1.82) is 0 Å². The number of thiol groups is 3. The Labute approximate surface area is 86.8 Å². The predicted molar refractivity (Wildman–Crippen MR) is 63.0 cm³/mol. The molecule has 1 fully saturated rings. The van der Waals surface area contributed by atoms with Crippen LogP contribution in [0.3, 0.4) is 0 Å². The Morgan fingerprint density at radius 3 is 2.42 bits per heavy atom. The summed E-state index contributed by atoms with van der Waals surface area (Å²) in [5.41, 5.74) is -0.622. The van der Waals surface area contributed by atoms with Crippen molar-refractivity contribution in [3.05, 3.63) is 0 Å². The number of rotatable bonds is 2. The fourth-order valence-corrected chi connectivity index (χ4v) is 3.94. The molecule has 0 aromatic carbocycles. The highest BCUT2D eigenvalue weighted by molar-refractivity contribution is 9.08. The highest BCUT2D eigenvalue weighted by atomic mass is 33.5. The summed E-state index contributed by atoms with van der Waals surface area (Å²) in [6, 6.07) is 0.235. The topological polar surface area (TPSA) is 23.5 Å². The molecule has 1 unspecified atom stereocenters. The molecule has 0 saturated carbocycles. The molecule has 5 heteroatoms.